The number of thioether (sulfide) groups is 1. The van der Waals surface area contributed by atoms with Crippen LogP contribution >= 0.6 is 11.8 Å². The molecule has 2 aromatic rings. The number of imidazole rings is 1. The fourth-order valence-electron chi connectivity index (χ4n) is 3.71. The average molecular weight is 608 g/mol. The van der Waals surface area contributed by atoms with E-state index >= 15 is 0 Å². The van der Waals surface area contributed by atoms with Gasteiger partial charge in [0, 0.05) is 24.7 Å². The summed E-state index contributed by atoms with van der Waals surface area (Å²) in [7, 11) is 0. The number of benzene rings is 1. The third kappa shape index (κ3) is 11.0. The summed E-state index contributed by atoms with van der Waals surface area (Å²) in [6, 6.07) is -0.0833. The Kier molecular flexibility index (Phi) is 13.7. The molecule has 0 radical (unpaired) electrons. The number of nitrogens with zero attached hydrogens (tertiary/aromatic N) is 1. The second-order valence-electron chi connectivity index (χ2n) is 9.47. The lowest BCUT2D eigenvalue weighted by Crippen LogP contribution is -2.58. The molecule has 2 rings (SSSR count). The van der Waals surface area contributed by atoms with Crippen LogP contribution in [-0.2, 0) is 36.8 Å². The van der Waals surface area contributed by atoms with E-state index in [1.165, 1.54) is 43.3 Å². The van der Waals surface area contributed by atoms with E-state index in [-0.39, 0.29) is 25.0 Å². The number of carboxylic acids is 1. The Balaban J connectivity index is 2.10. The maximum absolute atomic E-state index is 13.1. The normalized spacial score (nSPS) is 14.5. The summed E-state index contributed by atoms with van der Waals surface area (Å²) in [4.78, 5) is 69.8. The second-order valence-corrected chi connectivity index (χ2v) is 10.5. The van der Waals surface area contributed by atoms with Gasteiger partial charge in [0.05, 0.1) is 12.9 Å². The summed E-state index contributed by atoms with van der Waals surface area (Å²) in [6.07, 6.45) is 4.75. The van der Waals surface area contributed by atoms with Gasteiger partial charge in [-0.15, -0.1) is 0 Å². The van der Waals surface area contributed by atoms with Crippen LogP contribution in [0.25, 0.3) is 0 Å². The number of aliphatic hydroxyl groups is 1. The molecule has 0 aliphatic rings. The monoisotopic (exact) mass is 607 g/mol. The molecular formula is C26H37N7O8S. The molecular weight excluding hydrogens is 570 g/mol. The Labute approximate surface area is 246 Å². The number of carbonyl (C=O) groups excluding carboxylic acids is 4. The van der Waals surface area contributed by atoms with Crippen molar-refractivity contribution in [2.45, 2.75) is 56.4 Å². The van der Waals surface area contributed by atoms with Crippen LogP contribution in [0.4, 0.5) is 0 Å². The molecule has 0 unspecified atom stereocenters. The molecule has 16 heteroatoms. The van der Waals surface area contributed by atoms with Gasteiger partial charge in [0.2, 0.25) is 23.6 Å². The van der Waals surface area contributed by atoms with Gasteiger partial charge in [-0.05, 0) is 43.0 Å². The zero-order valence-electron chi connectivity index (χ0n) is 23.2. The van der Waals surface area contributed by atoms with Gasteiger partial charge in [0.1, 0.15) is 36.0 Å². The lowest BCUT2D eigenvalue weighted by molar-refractivity contribution is -0.142. The number of aromatic amines is 1. The van der Waals surface area contributed by atoms with E-state index in [1.54, 1.807) is 12.1 Å². The third-order valence-corrected chi connectivity index (χ3v) is 6.78. The van der Waals surface area contributed by atoms with Gasteiger partial charge in [-0.1, -0.05) is 12.1 Å². The minimum atomic E-state index is -1.28. The minimum Gasteiger partial charge on any atom is -0.508 e. The molecule has 0 aliphatic heterocycles. The van der Waals surface area contributed by atoms with Gasteiger partial charge < -0.3 is 47.3 Å². The molecule has 230 valence electrons. The van der Waals surface area contributed by atoms with Crippen molar-refractivity contribution >= 4 is 41.4 Å². The number of phenolic OH excluding ortho intramolecular Hbond substituents is 1. The number of hydrogen-bond acceptors (Lipinski definition) is 10. The first kappa shape index (κ1) is 34.1. The van der Waals surface area contributed by atoms with E-state index in [9.17, 15) is 39.3 Å². The Morgan fingerprint density at radius 1 is 0.929 bits per heavy atom. The zero-order chi connectivity index (χ0) is 31.2. The minimum absolute atomic E-state index is 0.00688. The number of nitrogens with two attached hydrogens (primary N) is 1. The number of hydrogen-bond donors (Lipinski definition) is 9. The average Bonchev–Trinajstić information content (AvgIpc) is 3.47. The van der Waals surface area contributed by atoms with Crippen LogP contribution in [0.1, 0.15) is 24.6 Å². The molecule has 0 fully saturated rings. The summed E-state index contributed by atoms with van der Waals surface area (Å²) in [5, 5.41) is 38.3. The lowest BCUT2D eigenvalue weighted by atomic mass is 10.0. The van der Waals surface area contributed by atoms with E-state index < -0.39 is 66.4 Å². The van der Waals surface area contributed by atoms with Crippen LogP contribution in [0.2, 0.25) is 0 Å². The summed E-state index contributed by atoms with van der Waals surface area (Å²) in [5.74, 6) is -3.73. The fourth-order valence-corrected chi connectivity index (χ4v) is 4.18. The van der Waals surface area contributed by atoms with E-state index in [2.05, 4.69) is 31.2 Å². The number of carboxylic acid groups (broad SMARTS) is 1. The predicted octanol–water partition coefficient (Wildman–Crippen LogP) is -1.98. The number of aliphatic carboxylic acids is 1. The summed E-state index contributed by atoms with van der Waals surface area (Å²) in [6.45, 7) is 0.732. The van der Waals surface area contributed by atoms with Gasteiger partial charge in [-0.2, -0.15) is 11.8 Å². The summed E-state index contributed by atoms with van der Waals surface area (Å²) in [5.41, 5.74) is 6.65. The highest BCUT2D eigenvalue weighted by Crippen LogP contribution is 2.12. The molecule has 4 amide bonds. The molecule has 1 heterocycles. The van der Waals surface area contributed by atoms with Crippen LogP contribution in [0.15, 0.2) is 36.8 Å². The van der Waals surface area contributed by atoms with Crippen molar-refractivity contribution in [3.63, 3.8) is 0 Å². The van der Waals surface area contributed by atoms with Crippen molar-refractivity contribution in [3.05, 3.63) is 48.0 Å². The highest BCUT2D eigenvalue weighted by molar-refractivity contribution is 7.98. The highest BCUT2D eigenvalue weighted by Gasteiger charge is 2.30. The zero-order valence-corrected chi connectivity index (χ0v) is 24.0. The first-order chi connectivity index (χ1) is 19.9. The highest BCUT2D eigenvalue weighted by atomic mass is 32.2. The maximum Gasteiger partial charge on any atom is 0.326 e. The van der Waals surface area contributed by atoms with Crippen LogP contribution in [0.3, 0.4) is 0 Å². The number of aliphatic hydroxyl groups excluding tert-OH is 1. The SMILES string of the molecule is CSCC[C@H](NC(=O)[C@H](C)NC(=O)[C@H](Cc1ccc(O)cc1)NC(=O)[C@@H](N)CO)C(=O)N[C@@H](Cc1cnc[nH]1)C(=O)O. The van der Waals surface area contributed by atoms with E-state index in [4.69, 9.17) is 5.73 Å². The predicted molar refractivity (Wildman–Crippen MR) is 153 cm³/mol. The molecule has 10 N–H and O–H groups in total. The maximum atomic E-state index is 13.1. The molecule has 0 saturated carbocycles. The van der Waals surface area contributed by atoms with Gasteiger partial charge in [-0.25, -0.2) is 9.78 Å². The van der Waals surface area contributed by atoms with E-state index in [1.807, 2.05) is 6.26 Å². The van der Waals surface area contributed by atoms with Crippen molar-refractivity contribution in [2.75, 3.05) is 18.6 Å². The van der Waals surface area contributed by atoms with Crippen LogP contribution in [-0.4, -0.2) is 104 Å². The van der Waals surface area contributed by atoms with Crippen molar-refractivity contribution in [2.24, 2.45) is 5.73 Å². The second kappa shape index (κ2) is 17.0. The Hall–Kier alpha value is -4.15. The van der Waals surface area contributed by atoms with Crippen LogP contribution in [0.5, 0.6) is 5.75 Å². The topological polar surface area (TPSA) is 249 Å². The summed E-state index contributed by atoms with van der Waals surface area (Å²) >= 11 is 1.42. The number of aromatic hydroxyl groups is 1. The number of carbonyl (C=O) groups is 5. The molecule has 15 nitrogen and oxygen atoms in total. The molecule has 0 spiro atoms. The van der Waals surface area contributed by atoms with E-state index in [0.717, 1.165) is 0 Å². The van der Waals surface area contributed by atoms with Crippen molar-refractivity contribution in [3.8, 4) is 5.75 Å². The first-order valence-corrected chi connectivity index (χ1v) is 14.4. The number of amides is 4. The lowest BCUT2D eigenvalue weighted by Gasteiger charge is -2.25. The molecule has 0 bridgehead atoms. The van der Waals surface area contributed by atoms with Crippen molar-refractivity contribution < 1.29 is 39.3 Å². The smallest absolute Gasteiger partial charge is 0.326 e. The standard InChI is InChI=1S/C26H37N7O8S/c1-14(30-25(39)20(32-23(37)18(27)12-34)9-15-3-5-17(35)6-4-15)22(36)31-19(7-8-42-2)24(38)33-21(26(40)41)10-16-11-28-13-29-16/h3-6,11,13-14,18-21,34-35H,7-10,12,27H2,1-2H3,(H,28,29)(H,30,39)(H,31,36)(H,32,37)(H,33,38)(H,40,41)/t14-,18-,19-,20-,21-/m0/s1. The number of nitrogens with one attached hydrogen (secondary N) is 5. The Bertz CT molecular complexity index is 1200. The molecule has 1 aromatic heterocycles. The number of H-pyrrole nitrogens is 1. The fraction of sp³-hybridized carbons (Fsp3) is 0.462. The quantitative estimate of drug-likeness (QED) is 0.0953. The summed E-state index contributed by atoms with van der Waals surface area (Å²) < 4.78 is 0. The molecule has 42 heavy (non-hydrogen) atoms. The molecule has 5 atom stereocenters. The molecule has 0 saturated heterocycles. The van der Waals surface area contributed by atoms with Crippen LogP contribution < -0.4 is 27.0 Å². The Morgan fingerprint density at radius 2 is 1.55 bits per heavy atom. The van der Waals surface area contributed by atoms with Gasteiger partial charge in [0.15, 0.2) is 0 Å². The van der Waals surface area contributed by atoms with Crippen molar-refractivity contribution in [1.29, 1.82) is 0 Å². The number of phenols is 1. The van der Waals surface area contributed by atoms with Crippen LogP contribution in [0, 0.1) is 0 Å². The van der Waals surface area contributed by atoms with E-state index in [0.29, 0.717) is 17.0 Å². The molecule has 1 aromatic carbocycles. The largest absolute Gasteiger partial charge is 0.508 e. The number of rotatable bonds is 17. The Morgan fingerprint density at radius 3 is 2.12 bits per heavy atom. The van der Waals surface area contributed by atoms with Gasteiger partial charge in [0.25, 0.3) is 0 Å². The van der Waals surface area contributed by atoms with Crippen molar-refractivity contribution in [1.82, 2.24) is 31.2 Å². The van der Waals surface area contributed by atoms with Gasteiger partial charge in [-0.3, -0.25) is 19.2 Å². The third-order valence-electron chi connectivity index (χ3n) is 6.13. The van der Waals surface area contributed by atoms with Gasteiger partial charge >= 0.3 is 5.97 Å². The number of aromatic nitrogens is 2. The first-order valence-electron chi connectivity index (χ1n) is 13.0. The molecule has 0 aliphatic carbocycles.